The number of amides is 2. The number of ketones is 1. The Morgan fingerprint density at radius 1 is 0.909 bits per heavy atom. The summed E-state index contributed by atoms with van der Waals surface area (Å²) in [5.41, 5.74) is 4.06. The first kappa shape index (κ1) is 23.0. The number of carbonyl (C=O) groups is 3. The lowest BCUT2D eigenvalue weighted by molar-refractivity contribution is -0.147. The lowest BCUT2D eigenvalue weighted by Gasteiger charge is -2.42. The summed E-state index contributed by atoms with van der Waals surface area (Å²) >= 11 is 0. The van der Waals surface area contributed by atoms with E-state index >= 15 is 0 Å². The van der Waals surface area contributed by atoms with Gasteiger partial charge in [0.25, 0.3) is 0 Å². The molecule has 33 heavy (non-hydrogen) atoms. The van der Waals surface area contributed by atoms with E-state index < -0.39 is 6.04 Å². The summed E-state index contributed by atoms with van der Waals surface area (Å²) in [5, 5.41) is 0. The third kappa shape index (κ3) is 5.10. The molecule has 174 valence electrons. The van der Waals surface area contributed by atoms with Crippen molar-refractivity contribution in [2.75, 3.05) is 31.1 Å². The predicted octanol–water partition coefficient (Wildman–Crippen LogP) is 3.54. The second-order valence-electron chi connectivity index (χ2n) is 9.52. The fourth-order valence-corrected chi connectivity index (χ4v) is 4.77. The summed E-state index contributed by atoms with van der Waals surface area (Å²) in [7, 11) is 0. The quantitative estimate of drug-likeness (QED) is 0.658. The number of rotatable bonds is 5. The highest BCUT2D eigenvalue weighted by Crippen LogP contribution is 2.27. The Morgan fingerprint density at radius 3 is 2.15 bits per heavy atom. The molecule has 6 heteroatoms. The molecular formula is C27H33N3O3. The van der Waals surface area contributed by atoms with Crippen LogP contribution in [0.5, 0.6) is 0 Å². The number of piperazine rings is 1. The Kier molecular flexibility index (Phi) is 6.82. The predicted molar refractivity (Wildman–Crippen MR) is 129 cm³/mol. The molecule has 1 fully saturated rings. The van der Waals surface area contributed by atoms with Gasteiger partial charge in [-0.1, -0.05) is 38.1 Å². The molecule has 1 atom stereocenters. The van der Waals surface area contributed by atoms with E-state index in [-0.39, 0.29) is 23.5 Å². The highest BCUT2D eigenvalue weighted by molar-refractivity contribution is 5.94. The van der Waals surface area contributed by atoms with Crippen LogP contribution in [0.4, 0.5) is 5.69 Å². The third-order valence-corrected chi connectivity index (χ3v) is 6.67. The minimum absolute atomic E-state index is 0.0492. The summed E-state index contributed by atoms with van der Waals surface area (Å²) in [4.78, 5) is 44.1. The molecule has 2 aromatic carbocycles. The minimum Gasteiger partial charge on any atom is -0.368 e. The van der Waals surface area contributed by atoms with Crippen molar-refractivity contribution in [1.82, 2.24) is 9.80 Å². The molecule has 2 aliphatic rings. The Labute approximate surface area is 196 Å². The Morgan fingerprint density at radius 2 is 1.55 bits per heavy atom. The zero-order valence-corrected chi connectivity index (χ0v) is 19.8. The zero-order chi connectivity index (χ0) is 23.5. The molecule has 6 nitrogen and oxygen atoms in total. The highest BCUT2D eigenvalue weighted by Gasteiger charge is 2.37. The molecule has 1 unspecified atom stereocenters. The van der Waals surface area contributed by atoms with E-state index in [0.29, 0.717) is 38.0 Å². The van der Waals surface area contributed by atoms with Crippen molar-refractivity contribution >= 4 is 23.3 Å². The molecule has 0 saturated carbocycles. The van der Waals surface area contributed by atoms with Crippen molar-refractivity contribution in [3.05, 3.63) is 65.2 Å². The first-order valence-corrected chi connectivity index (χ1v) is 11.8. The van der Waals surface area contributed by atoms with Crippen LogP contribution < -0.4 is 4.90 Å². The van der Waals surface area contributed by atoms with Gasteiger partial charge in [-0.25, -0.2) is 0 Å². The van der Waals surface area contributed by atoms with Crippen molar-refractivity contribution in [2.45, 2.75) is 46.2 Å². The van der Waals surface area contributed by atoms with Gasteiger partial charge in [0.15, 0.2) is 5.78 Å². The van der Waals surface area contributed by atoms with Gasteiger partial charge in [-0.3, -0.25) is 14.4 Å². The van der Waals surface area contributed by atoms with Crippen LogP contribution in [0.3, 0.4) is 0 Å². The first-order chi connectivity index (χ1) is 15.8. The maximum absolute atomic E-state index is 13.6. The molecule has 1 saturated heterocycles. The van der Waals surface area contributed by atoms with Crippen LogP contribution in [0.25, 0.3) is 0 Å². The molecule has 2 heterocycles. The Balaban J connectivity index is 1.45. The van der Waals surface area contributed by atoms with E-state index in [1.807, 2.05) is 55.1 Å². The number of fused-ring (bicyclic) bond motifs is 1. The molecule has 0 N–H and O–H groups in total. The van der Waals surface area contributed by atoms with Crippen LogP contribution in [0.2, 0.25) is 0 Å². The normalized spacial score (nSPS) is 18.3. The van der Waals surface area contributed by atoms with Crippen LogP contribution >= 0.6 is 0 Å². The van der Waals surface area contributed by atoms with Gasteiger partial charge in [-0.2, -0.15) is 0 Å². The molecule has 2 aliphatic heterocycles. The molecule has 0 spiro atoms. The average Bonchev–Trinajstić information content (AvgIpc) is 2.82. The summed E-state index contributed by atoms with van der Waals surface area (Å²) < 4.78 is 0. The van der Waals surface area contributed by atoms with Crippen LogP contribution in [0, 0.1) is 5.92 Å². The number of hydrogen-bond acceptors (Lipinski definition) is 4. The van der Waals surface area contributed by atoms with E-state index in [9.17, 15) is 14.4 Å². The van der Waals surface area contributed by atoms with Crippen LogP contribution in [-0.4, -0.2) is 59.6 Å². The second kappa shape index (κ2) is 9.77. The summed E-state index contributed by atoms with van der Waals surface area (Å²) in [6.45, 7) is 8.85. The number of benzene rings is 2. The average molecular weight is 448 g/mol. The number of nitrogens with zero attached hydrogens (tertiary/aromatic N) is 3. The molecule has 0 bridgehead atoms. The van der Waals surface area contributed by atoms with Crippen LogP contribution in [0.15, 0.2) is 48.5 Å². The van der Waals surface area contributed by atoms with Gasteiger partial charge < -0.3 is 14.7 Å². The van der Waals surface area contributed by atoms with Crippen LogP contribution in [-0.2, 0) is 22.6 Å². The Hall–Kier alpha value is -3.15. The Bertz CT molecular complexity index is 1020. The molecule has 4 rings (SSSR count). The smallest absolute Gasteiger partial charge is 0.245 e. The number of hydrogen-bond donors (Lipinski definition) is 0. The summed E-state index contributed by atoms with van der Waals surface area (Å²) in [5.74, 6) is 0.418. The van der Waals surface area contributed by atoms with Crippen LogP contribution in [0.1, 0.15) is 48.7 Å². The van der Waals surface area contributed by atoms with E-state index in [0.717, 1.165) is 29.9 Å². The van der Waals surface area contributed by atoms with Gasteiger partial charge in [-0.05, 0) is 48.2 Å². The molecule has 2 amide bonds. The van der Waals surface area contributed by atoms with E-state index in [1.54, 1.807) is 11.8 Å². The van der Waals surface area contributed by atoms with Gasteiger partial charge in [0, 0.05) is 56.8 Å². The maximum Gasteiger partial charge on any atom is 0.245 e. The molecule has 0 aliphatic carbocycles. The monoisotopic (exact) mass is 447 g/mol. The molecular weight excluding hydrogens is 414 g/mol. The third-order valence-electron chi connectivity index (χ3n) is 6.67. The van der Waals surface area contributed by atoms with E-state index in [4.69, 9.17) is 0 Å². The fraction of sp³-hybridized carbons (Fsp3) is 0.444. The second-order valence-corrected chi connectivity index (χ2v) is 9.52. The van der Waals surface area contributed by atoms with Gasteiger partial charge in [0.2, 0.25) is 11.8 Å². The topological polar surface area (TPSA) is 60.9 Å². The van der Waals surface area contributed by atoms with Crippen molar-refractivity contribution in [3.8, 4) is 0 Å². The maximum atomic E-state index is 13.6. The number of carbonyl (C=O) groups excluding carboxylic acids is 3. The van der Waals surface area contributed by atoms with Gasteiger partial charge in [0.05, 0.1) is 0 Å². The SMILES string of the molecule is CC(=O)c1ccc(N2CCN(C(=O)C3Cc4ccccc4CN3C(=O)CC(C)C)CC2)cc1. The van der Waals surface area contributed by atoms with Crippen molar-refractivity contribution < 1.29 is 14.4 Å². The van der Waals surface area contributed by atoms with Crippen molar-refractivity contribution in [1.29, 1.82) is 0 Å². The van der Waals surface area contributed by atoms with Gasteiger partial charge in [0.1, 0.15) is 6.04 Å². The largest absolute Gasteiger partial charge is 0.368 e. The van der Waals surface area contributed by atoms with Gasteiger partial charge >= 0.3 is 0 Å². The highest BCUT2D eigenvalue weighted by atomic mass is 16.2. The minimum atomic E-state index is -0.437. The fourth-order valence-electron chi connectivity index (χ4n) is 4.77. The lowest BCUT2D eigenvalue weighted by Crippen LogP contribution is -2.57. The number of anilines is 1. The lowest BCUT2D eigenvalue weighted by atomic mass is 9.92. The molecule has 2 aromatic rings. The zero-order valence-electron chi connectivity index (χ0n) is 19.8. The summed E-state index contributed by atoms with van der Waals surface area (Å²) in [6, 6.07) is 15.3. The van der Waals surface area contributed by atoms with E-state index in [2.05, 4.69) is 17.0 Å². The number of Topliss-reactive ketones (excluding diaryl/α,β-unsaturated/α-hetero) is 1. The molecule has 0 aromatic heterocycles. The van der Waals surface area contributed by atoms with E-state index in [1.165, 1.54) is 0 Å². The first-order valence-electron chi connectivity index (χ1n) is 11.8. The summed E-state index contributed by atoms with van der Waals surface area (Å²) in [6.07, 6.45) is 1.03. The van der Waals surface area contributed by atoms with Gasteiger partial charge in [-0.15, -0.1) is 0 Å². The van der Waals surface area contributed by atoms with Crippen molar-refractivity contribution in [2.24, 2.45) is 5.92 Å². The molecule has 0 radical (unpaired) electrons. The van der Waals surface area contributed by atoms with Crippen molar-refractivity contribution in [3.63, 3.8) is 0 Å². The standard InChI is InChI=1S/C27H33N3O3/c1-19(2)16-26(32)30-18-23-7-5-4-6-22(23)17-25(30)27(33)29-14-12-28(13-15-29)24-10-8-21(9-11-24)20(3)31/h4-11,19,25H,12-18H2,1-3H3.